The van der Waals surface area contributed by atoms with Crippen LogP contribution in [0, 0.1) is 11.8 Å². The van der Waals surface area contributed by atoms with Crippen molar-refractivity contribution >= 4 is 5.97 Å². The van der Waals surface area contributed by atoms with Gasteiger partial charge in [0, 0.05) is 6.42 Å². The van der Waals surface area contributed by atoms with Gasteiger partial charge in [0.25, 0.3) is 0 Å². The average Bonchev–Trinajstić information content (AvgIpc) is 2.36. The Bertz CT molecular complexity index is 254. The number of carbonyl (C=O) groups excluding carboxylic acids is 1. The van der Waals surface area contributed by atoms with E-state index < -0.39 is 11.8 Å². The Balaban J connectivity index is 4.30. The largest absolute Gasteiger partial charge is 0.345 e. The van der Waals surface area contributed by atoms with Crippen molar-refractivity contribution in [2.75, 3.05) is 0 Å². The number of rotatable bonds is 10. The molecule has 0 heterocycles. The minimum Gasteiger partial charge on any atom is -0.295 e. The summed E-state index contributed by atoms with van der Waals surface area (Å²) in [5, 5.41) is 10.7. The molecule has 0 bridgehead atoms. The van der Waals surface area contributed by atoms with Crippen molar-refractivity contribution in [3.8, 4) is 0 Å². The van der Waals surface area contributed by atoms with Crippen molar-refractivity contribution in [2.24, 2.45) is 11.8 Å². The summed E-state index contributed by atoms with van der Waals surface area (Å²) in [6.07, 6.45) is 3.82. The van der Waals surface area contributed by atoms with E-state index in [1.54, 1.807) is 0 Å². The maximum absolute atomic E-state index is 11.8. The van der Waals surface area contributed by atoms with E-state index in [0.29, 0.717) is 12.8 Å². The lowest BCUT2D eigenvalue weighted by atomic mass is 10.00. The smallest absolute Gasteiger partial charge is 0.295 e. The van der Waals surface area contributed by atoms with Crippen molar-refractivity contribution in [3.05, 3.63) is 0 Å². The molecule has 113 valence electrons. The third-order valence-corrected chi connectivity index (χ3v) is 2.99. The van der Waals surface area contributed by atoms with Gasteiger partial charge in [-0.15, -0.1) is 4.89 Å². The van der Waals surface area contributed by atoms with E-state index in [1.807, 2.05) is 20.8 Å². The Kier molecular flexibility index (Phi) is 8.97. The second-order valence-electron chi connectivity index (χ2n) is 5.55. The topological polar surface area (TPSA) is 64.7 Å². The SMILES string of the molecule is CCCCC(CC)C(=O)OOC(C)(CC(C)C)O[O]. The quantitative estimate of drug-likeness (QED) is 0.345. The van der Waals surface area contributed by atoms with Crippen LogP contribution in [0.15, 0.2) is 0 Å². The number of hydrogen-bond acceptors (Lipinski definition) is 4. The van der Waals surface area contributed by atoms with E-state index >= 15 is 0 Å². The Morgan fingerprint density at radius 3 is 2.32 bits per heavy atom. The lowest BCUT2D eigenvalue weighted by Gasteiger charge is -2.25. The van der Waals surface area contributed by atoms with Crippen LogP contribution in [0.3, 0.4) is 0 Å². The molecule has 0 spiro atoms. The molecule has 0 aromatic rings. The average molecular weight is 275 g/mol. The lowest BCUT2D eigenvalue weighted by Crippen LogP contribution is -2.34. The number of unbranched alkanes of at least 4 members (excludes halogenated alkanes) is 1. The van der Waals surface area contributed by atoms with Crippen LogP contribution in [0.5, 0.6) is 0 Å². The number of carbonyl (C=O) groups is 1. The summed E-state index contributed by atoms with van der Waals surface area (Å²) >= 11 is 0. The zero-order chi connectivity index (χ0) is 14.9. The monoisotopic (exact) mass is 275 g/mol. The van der Waals surface area contributed by atoms with Gasteiger partial charge in [0.2, 0.25) is 5.79 Å². The van der Waals surface area contributed by atoms with Crippen LogP contribution >= 0.6 is 0 Å². The summed E-state index contributed by atoms with van der Waals surface area (Å²) in [6, 6.07) is 0. The maximum Gasteiger partial charge on any atom is 0.345 e. The van der Waals surface area contributed by atoms with Crippen molar-refractivity contribution in [2.45, 2.75) is 72.5 Å². The molecule has 0 saturated heterocycles. The van der Waals surface area contributed by atoms with Crippen molar-refractivity contribution in [1.82, 2.24) is 0 Å². The predicted molar refractivity (Wildman–Crippen MR) is 70.1 cm³/mol. The fraction of sp³-hybridized carbons (Fsp3) is 0.929. The maximum atomic E-state index is 11.8. The van der Waals surface area contributed by atoms with Crippen LogP contribution in [-0.4, -0.2) is 11.8 Å². The van der Waals surface area contributed by atoms with Crippen molar-refractivity contribution in [1.29, 1.82) is 0 Å². The van der Waals surface area contributed by atoms with Gasteiger partial charge >= 0.3 is 5.97 Å². The number of hydrogen-bond donors (Lipinski definition) is 0. The van der Waals surface area contributed by atoms with Crippen molar-refractivity contribution < 1.29 is 24.7 Å². The molecule has 2 atom stereocenters. The van der Waals surface area contributed by atoms with E-state index in [1.165, 1.54) is 6.92 Å². The Labute approximate surface area is 116 Å². The molecule has 0 rings (SSSR count). The van der Waals surface area contributed by atoms with Gasteiger partial charge in [-0.1, -0.05) is 40.5 Å². The van der Waals surface area contributed by atoms with Gasteiger partial charge in [0.05, 0.1) is 5.92 Å². The van der Waals surface area contributed by atoms with Gasteiger partial charge in [-0.25, -0.2) is 4.79 Å². The summed E-state index contributed by atoms with van der Waals surface area (Å²) in [5.74, 6) is -1.84. The molecule has 2 unspecified atom stereocenters. The van der Waals surface area contributed by atoms with Gasteiger partial charge in [-0.2, -0.15) is 4.89 Å². The lowest BCUT2D eigenvalue weighted by molar-refractivity contribution is -0.504. The third-order valence-electron chi connectivity index (χ3n) is 2.99. The highest BCUT2D eigenvalue weighted by molar-refractivity contribution is 5.71. The van der Waals surface area contributed by atoms with E-state index in [9.17, 15) is 10.1 Å². The fourth-order valence-electron chi connectivity index (χ4n) is 1.96. The molecule has 0 aromatic carbocycles. The Morgan fingerprint density at radius 2 is 1.89 bits per heavy atom. The highest BCUT2D eigenvalue weighted by Crippen LogP contribution is 2.23. The molecular formula is C14H27O5. The van der Waals surface area contributed by atoms with Crippen LogP contribution in [0.25, 0.3) is 0 Å². The Hall–Kier alpha value is -0.650. The molecule has 0 aliphatic heterocycles. The van der Waals surface area contributed by atoms with Crippen molar-refractivity contribution in [3.63, 3.8) is 0 Å². The molecule has 5 heteroatoms. The fourth-order valence-corrected chi connectivity index (χ4v) is 1.96. The van der Waals surface area contributed by atoms with E-state index in [-0.39, 0.29) is 11.8 Å². The second-order valence-corrected chi connectivity index (χ2v) is 5.55. The molecule has 0 amide bonds. The molecule has 1 radical (unpaired) electrons. The standard InChI is InChI=1S/C14H27O5/c1-6-8-9-12(7-2)13(15)17-19-14(5,18-16)10-11(3)4/h11-12H,6-10H2,1-5H3. The molecule has 0 saturated carbocycles. The first-order valence-electron chi connectivity index (χ1n) is 7.09. The zero-order valence-corrected chi connectivity index (χ0v) is 12.7. The summed E-state index contributed by atoms with van der Waals surface area (Å²) in [7, 11) is 0. The first-order chi connectivity index (χ1) is 8.88. The highest BCUT2D eigenvalue weighted by Gasteiger charge is 2.33. The first-order valence-corrected chi connectivity index (χ1v) is 7.09. The van der Waals surface area contributed by atoms with E-state index in [0.717, 1.165) is 19.3 Å². The molecule has 0 N–H and O–H groups in total. The minimum atomic E-state index is -1.42. The van der Waals surface area contributed by atoms with Gasteiger partial charge in [0.1, 0.15) is 0 Å². The molecule has 0 aliphatic carbocycles. The van der Waals surface area contributed by atoms with Gasteiger partial charge in [-0.3, -0.25) is 4.89 Å². The molecule has 0 aliphatic rings. The normalized spacial score (nSPS) is 16.2. The van der Waals surface area contributed by atoms with Gasteiger partial charge in [-0.05, 0) is 30.9 Å². The van der Waals surface area contributed by atoms with Crippen LogP contribution in [0.1, 0.15) is 66.7 Å². The van der Waals surface area contributed by atoms with E-state index in [4.69, 9.17) is 9.78 Å². The summed E-state index contributed by atoms with van der Waals surface area (Å²) in [5.41, 5.74) is 0. The predicted octanol–water partition coefficient (Wildman–Crippen LogP) is 3.80. The first kappa shape index (κ1) is 18.4. The third kappa shape index (κ3) is 7.50. The molecule has 19 heavy (non-hydrogen) atoms. The molecule has 5 nitrogen and oxygen atoms in total. The minimum absolute atomic E-state index is 0.185. The summed E-state index contributed by atoms with van der Waals surface area (Å²) < 4.78 is 0. The molecular weight excluding hydrogens is 248 g/mol. The summed E-state index contributed by atoms with van der Waals surface area (Å²) in [6.45, 7) is 9.33. The zero-order valence-electron chi connectivity index (χ0n) is 12.7. The van der Waals surface area contributed by atoms with Gasteiger partial charge in [0.15, 0.2) is 0 Å². The van der Waals surface area contributed by atoms with Crippen LogP contribution in [0.2, 0.25) is 0 Å². The van der Waals surface area contributed by atoms with Crippen LogP contribution in [0.4, 0.5) is 0 Å². The van der Waals surface area contributed by atoms with Gasteiger partial charge < -0.3 is 0 Å². The van der Waals surface area contributed by atoms with Crippen LogP contribution in [-0.2, 0) is 24.7 Å². The second kappa shape index (κ2) is 9.28. The summed E-state index contributed by atoms with van der Waals surface area (Å²) in [4.78, 5) is 25.6. The Morgan fingerprint density at radius 1 is 1.26 bits per heavy atom. The van der Waals surface area contributed by atoms with Crippen LogP contribution < -0.4 is 0 Å². The highest BCUT2D eigenvalue weighted by atomic mass is 17.3. The molecule has 0 fully saturated rings. The molecule has 0 aromatic heterocycles. The van der Waals surface area contributed by atoms with E-state index in [2.05, 4.69) is 11.8 Å².